The highest BCUT2D eigenvalue weighted by Crippen LogP contribution is 2.23. The van der Waals surface area contributed by atoms with Crippen molar-refractivity contribution in [2.75, 3.05) is 5.32 Å². The molecule has 1 heterocycles. The highest BCUT2D eigenvalue weighted by molar-refractivity contribution is 6.05. The molecule has 1 amide bonds. The first-order valence-corrected chi connectivity index (χ1v) is 7.00. The molecule has 0 saturated heterocycles. The second kappa shape index (κ2) is 6.62. The normalized spacial score (nSPS) is 10.1. The SMILES string of the molecule is O=C(Nc1ccccc1O)c1ccc(Oc2cccnc2)cc1. The lowest BCUT2D eigenvalue weighted by molar-refractivity contribution is 0.102. The number of nitrogens with one attached hydrogen (secondary N) is 1. The third kappa shape index (κ3) is 3.65. The zero-order chi connectivity index (χ0) is 16.1. The van der Waals surface area contributed by atoms with Gasteiger partial charge in [0.05, 0.1) is 11.9 Å². The molecule has 0 aliphatic carbocycles. The van der Waals surface area contributed by atoms with Gasteiger partial charge in [0.15, 0.2) is 0 Å². The summed E-state index contributed by atoms with van der Waals surface area (Å²) in [5.41, 5.74) is 0.833. The lowest BCUT2D eigenvalue weighted by atomic mass is 10.2. The maximum absolute atomic E-state index is 12.2. The van der Waals surface area contributed by atoms with Gasteiger partial charge >= 0.3 is 0 Å². The van der Waals surface area contributed by atoms with Crippen LogP contribution in [0.15, 0.2) is 73.1 Å². The van der Waals surface area contributed by atoms with Crippen LogP contribution in [0.1, 0.15) is 10.4 Å². The van der Waals surface area contributed by atoms with Gasteiger partial charge in [0.25, 0.3) is 5.91 Å². The number of nitrogens with zero attached hydrogens (tertiary/aromatic N) is 1. The second-order valence-electron chi connectivity index (χ2n) is 4.79. The first-order chi connectivity index (χ1) is 11.2. The first-order valence-electron chi connectivity index (χ1n) is 7.00. The van der Waals surface area contributed by atoms with Crippen molar-refractivity contribution in [1.29, 1.82) is 0 Å². The van der Waals surface area contributed by atoms with E-state index in [0.29, 0.717) is 22.7 Å². The van der Waals surface area contributed by atoms with Gasteiger partial charge in [-0.05, 0) is 48.5 Å². The summed E-state index contributed by atoms with van der Waals surface area (Å²) in [5.74, 6) is 0.952. The molecule has 3 aromatic rings. The van der Waals surface area contributed by atoms with Gasteiger partial charge in [0.1, 0.15) is 17.2 Å². The van der Waals surface area contributed by atoms with E-state index in [1.165, 1.54) is 6.07 Å². The average molecular weight is 306 g/mol. The topological polar surface area (TPSA) is 71.5 Å². The highest BCUT2D eigenvalue weighted by atomic mass is 16.5. The molecule has 0 fully saturated rings. The number of rotatable bonds is 4. The van der Waals surface area contributed by atoms with Crippen molar-refractivity contribution in [3.05, 3.63) is 78.6 Å². The Morgan fingerprint density at radius 1 is 0.957 bits per heavy atom. The molecule has 114 valence electrons. The Balaban J connectivity index is 1.69. The van der Waals surface area contributed by atoms with Gasteiger partial charge in [-0.3, -0.25) is 9.78 Å². The zero-order valence-corrected chi connectivity index (χ0v) is 12.1. The minimum Gasteiger partial charge on any atom is -0.506 e. The van der Waals surface area contributed by atoms with E-state index < -0.39 is 0 Å². The number of phenolic OH excluding ortho intramolecular Hbond substituents is 1. The fraction of sp³-hybridized carbons (Fsp3) is 0. The number of phenols is 1. The first kappa shape index (κ1) is 14.6. The molecule has 0 aliphatic heterocycles. The molecule has 2 aromatic carbocycles. The standard InChI is InChI=1S/C18H14N2O3/c21-17-6-2-1-5-16(17)20-18(22)13-7-9-14(10-8-13)23-15-4-3-11-19-12-15/h1-12,21H,(H,20,22). The summed E-state index contributed by atoms with van der Waals surface area (Å²) in [5, 5.41) is 12.3. The molecule has 5 nitrogen and oxygen atoms in total. The molecule has 0 radical (unpaired) electrons. The number of anilines is 1. The lowest BCUT2D eigenvalue weighted by Crippen LogP contribution is -2.11. The number of benzene rings is 2. The molecular weight excluding hydrogens is 292 g/mol. The van der Waals surface area contributed by atoms with Crippen LogP contribution in [0.2, 0.25) is 0 Å². The molecule has 0 saturated carbocycles. The van der Waals surface area contributed by atoms with Crippen molar-refractivity contribution in [2.45, 2.75) is 0 Å². The van der Waals surface area contributed by atoms with E-state index in [1.54, 1.807) is 67.0 Å². The monoisotopic (exact) mass is 306 g/mol. The smallest absolute Gasteiger partial charge is 0.255 e. The fourth-order valence-electron chi connectivity index (χ4n) is 1.99. The summed E-state index contributed by atoms with van der Waals surface area (Å²) < 4.78 is 5.62. The van der Waals surface area contributed by atoms with Crippen LogP contribution in [0.4, 0.5) is 5.69 Å². The highest BCUT2D eigenvalue weighted by Gasteiger charge is 2.08. The van der Waals surface area contributed by atoms with Crippen LogP contribution in [-0.2, 0) is 0 Å². The Kier molecular flexibility index (Phi) is 4.20. The number of aromatic nitrogens is 1. The summed E-state index contributed by atoms with van der Waals surface area (Å²) >= 11 is 0. The summed E-state index contributed by atoms with van der Waals surface area (Å²) in [6.45, 7) is 0. The number of hydrogen-bond acceptors (Lipinski definition) is 4. The van der Waals surface area contributed by atoms with Crippen LogP contribution in [-0.4, -0.2) is 16.0 Å². The van der Waals surface area contributed by atoms with Crippen LogP contribution < -0.4 is 10.1 Å². The van der Waals surface area contributed by atoms with Crippen molar-refractivity contribution in [1.82, 2.24) is 4.98 Å². The number of carbonyl (C=O) groups is 1. The van der Waals surface area contributed by atoms with Gasteiger partial charge in [0.2, 0.25) is 0 Å². The Morgan fingerprint density at radius 2 is 1.74 bits per heavy atom. The maximum Gasteiger partial charge on any atom is 0.255 e. The van der Waals surface area contributed by atoms with Crippen molar-refractivity contribution in [3.63, 3.8) is 0 Å². The minimum atomic E-state index is -0.306. The van der Waals surface area contributed by atoms with E-state index in [1.807, 2.05) is 0 Å². The van der Waals surface area contributed by atoms with Crippen molar-refractivity contribution < 1.29 is 14.6 Å². The van der Waals surface area contributed by atoms with Gasteiger partial charge in [-0.25, -0.2) is 0 Å². The average Bonchev–Trinajstić information content (AvgIpc) is 2.58. The zero-order valence-electron chi connectivity index (χ0n) is 12.1. The Bertz CT molecular complexity index is 802. The Labute approximate surface area is 133 Å². The number of ether oxygens (including phenoxy) is 1. The number of carbonyl (C=O) groups excluding carboxylic acids is 1. The molecule has 2 N–H and O–H groups in total. The van der Waals surface area contributed by atoms with Crippen LogP contribution in [0.5, 0.6) is 17.2 Å². The van der Waals surface area contributed by atoms with E-state index >= 15 is 0 Å². The van der Waals surface area contributed by atoms with Crippen LogP contribution in [0, 0.1) is 0 Å². The Hall–Kier alpha value is -3.34. The molecular formula is C18H14N2O3. The fourth-order valence-corrected chi connectivity index (χ4v) is 1.99. The molecule has 0 aliphatic rings. The van der Waals surface area contributed by atoms with Gasteiger partial charge < -0.3 is 15.2 Å². The number of pyridine rings is 1. The summed E-state index contributed by atoms with van der Waals surface area (Å²) in [4.78, 5) is 16.1. The van der Waals surface area contributed by atoms with Crippen LogP contribution >= 0.6 is 0 Å². The third-order valence-corrected chi connectivity index (χ3v) is 3.14. The van der Waals surface area contributed by atoms with E-state index in [2.05, 4.69) is 10.3 Å². The molecule has 0 unspecified atom stereocenters. The van der Waals surface area contributed by atoms with E-state index in [9.17, 15) is 9.90 Å². The van der Waals surface area contributed by atoms with Crippen molar-refractivity contribution >= 4 is 11.6 Å². The second-order valence-corrected chi connectivity index (χ2v) is 4.79. The molecule has 23 heavy (non-hydrogen) atoms. The van der Waals surface area contributed by atoms with Gasteiger partial charge in [-0.15, -0.1) is 0 Å². The molecule has 0 atom stereocenters. The third-order valence-electron chi connectivity index (χ3n) is 3.14. The van der Waals surface area contributed by atoms with E-state index in [-0.39, 0.29) is 11.7 Å². The summed E-state index contributed by atoms with van der Waals surface area (Å²) in [6.07, 6.45) is 3.28. The van der Waals surface area contributed by atoms with E-state index in [0.717, 1.165) is 0 Å². The predicted octanol–water partition coefficient (Wildman–Crippen LogP) is 3.83. The van der Waals surface area contributed by atoms with Gasteiger partial charge in [-0.2, -0.15) is 0 Å². The largest absolute Gasteiger partial charge is 0.506 e. The summed E-state index contributed by atoms with van der Waals surface area (Å²) in [6, 6.07) is 16.9. The lowest BCUT2D eigenvalue weighted by Gasteiger charge is -2.08. The van der Waals surface area contributed by atoms with Crippen LogP contribution in [0.25, 0.3) is 0 Å². The number of hydrogen-bond donors (Lipinski definition) is 2. The van der Waals surface area contributed by atoms with Crippen molar-refractivity contribution in [2.24, 2.45) is 0 Å². The van der Waals surface area contributed by atoms with Crippen molar-refractivity contribution in [3.8, 4) is 17.2 Å². The number of aromatic hydroxyl groups is 1. The van der Waals surface area contributed by atoms with Gasteiger partial charge in [-0.1, -0.05) is 12.1 Å². The molecule has 3 rings (SSSR count). The maximum atomic E-state index is 12.2. The molecule has 1 aromatic heterocycles. The molecule has 0 spiro atoms. The van der Waals surface area contributed by atoms with Gasteiger partial charge in [0, 0.05) is 11.8 Å². The quantitative estimate of drug-likeness (QED) is 0.719. The Morgan fingerprint density at radius 3 is 2.43 bits per heavy atom. The van der Waals surface area contributed by atoms with E-state index in [4.69, 9.17) is 4.74 Å². The minimum absolute atomic E-state index is 0.0254. The summed E-state index contributed by atoms with van der Waals surface area (Å²) in [7, 11) is 0. The molecule has 5 heteroatoms. The predicted molar refractivity (Wildman–Crippen MR) is 86.8 cm³/mol. The number of para-hydroxylation sites is 2. The van der Waals surface area contributed by atoms with Crippen LogP contribution in [0.3, 0.4) is 0 Å². The molecule has 0 bridgehead atoms. The number of amides is 1.